The molecule has 1 saturated heterocycles. The van der Waals surface area contributed by atoms with Gasteiger partial charge in [-0.2, -0.15) is 0 Å². The molecule has 0 aromatic carbocycles. The number of piperidine rings is 1. The second-order valence-electron chi connectivity index (χ2n) is 9.14. The average molecular weight is 283 g/mol. The van der Waals surface area contributed by atoms with E-state index in [-0.39, 0.29) is 5.54 Å². The monoisotopic (exact) mass is 282 g/mol. The van der Waals surface area contributed by atoms with Crippen LogP contribution in [-0.2, 0) is 0 Å². The maximum absolute atomic E-state index is 3.73. The molecule has 0 radical (unpaired) electrons. The standard InChI is InChI=1S/C18H38N2/c1-8-10-18(7,13-19-16(2,3)4)15-20-12-9-11-17(5,6)14-20/h19H,8-15H2,1-7H3. The highest BCUT2D eigenvalue weighted by atomic mass is 15.1. The van der Waals surface area contributed by atoms with Crippen LogP contribution < -0.4 is 5.32 Å². The Morgan fingerprint density at radius 3 is 2.30 bits per heavy atom. The first-order valence-electron chi connectivity index (χ1n) is 8.53. The summed E-state index contributed by atoms with van der Waals surface area (Å²) in [5.41, 5.74) is 1.12. The predicted octanol–water partition coefficient (Wildman–Crippen LogP) is 4.30. The van der Waals surface area contributed by atoms with E-state index in [1.54, 1.807) is 0 Å². The van der Waals surface area contributed by atoms with E-state index in [0.29, 0.717) is 10.8 Å². The summed E-state index contributed by atoms with van der Waals surface area (Å²) in [6, 6.07) is 0. The minimum Gasteiger partial charge on any atom is -0.311 e. The lowest BCUT2D eigenvalue weighted by Gasteiger charge is -2.43. The highest BCUT2D eigenvalue weighted by Gasteiger charge is 2.32. The fourth-order valence-electron chi connectivity index (χ4n) is 3.52. The molecule has 2 nitrogen and oxygen atoms in total. The molecular formula is C18H38N2. The van der Waals surface area contributed by atoms with Crippen molar-refractivity contribution >= 4 is 0 Å². The Balaban J connectivity index is 2.60. The van der Waals surface area contributed by atoms with Crippen LogP contribution in [0.1, 0.15) is 74.1 Å². The maximum atomic E-state index is 3.73. The molecule has 1 fully saturated rings. The zero-order valence-corrected chi connectivity index (χ0v) is 15.1. The number of hydrogen-bond acceptors (Lipinski definition) is 2. The molecule has 0 bridgehead atoms. The summed E-state index contributed by atoms with van der Waals surface area (Å²) in [4.78, 5) is 2.71. The number of rotatable bonds is 6. The average Bonchev–Trinajstić information content (AvgIpc) is 2.24. The third-order valence-electron chi connectivity index (χ3n) is 4.48. The summed E-state index contributed by atoms with van der Waals surface area (Å²) in [6.45, 7) is 21.4. The van der Waals surface area contributed by atoms with Crippen molar-refractivity contribution in [2.24, 2.45) is 10.8 Å². The van der Waals surface area contributed by atoms with Crippen LogP contribution in [0.3, 0.4) is 0 Å². The molecule has 20 heavy (non-hydrogen) atoms. The van der Waals surface area contributed by atoms with Crippen LogP contribution in [0.2, 0.25) is 0 Å². The van der Waals surface area contributed by atoms with E-state index in [0.717, 1.165) is 6.54 Å². The van der Waals surface area contributed by atoms with Gasteiger partial charge in [0.1, 0.15) is 0 Å². The second kappa shape index (κ2) is 6.79. The molecule has 1 aliphatic rings. The number of nitrogens with zero attached hydrogens (tertiary/aromatic N) is 1. The largest absolute Gasteiger partial charge is 0.311 e. The maximum Gasteiger partial charge on any atom is 0.00967 e. The molecule has 0 aromatic heterocycles. The SMILES string of the molecule is CCCC(C)(CNC(C)(C)C)CN1CCCC(C)(C)C1. The van der Waals surface area contributed by atoms with E-state index in [1.807, 2.05) is 0 Å². The Morgan fingerprint density at radius 1 is 1.15 bits per heavy atom. The summed E-state index contributed by atoms with van der Waals surface area (Å²) in [5, 5.41) is 3.73. The van der Waals surface area contributed by atoms with E-state index >= 15 is 0 Å². The summed E-state index contributed by atoms with van der Waals surface area (Å²) < 4.78 is 0. The van der Waals surface area contributed by atoms with Gasteiger partial charge in [-0.05, 0) is 57.4 Å². The van der Waals surface area contributed by atoms with Crippen molar-refractivity contribution in [1.82, 2.24) is 10.2 Å². The van der Waals surface area contributed by atoms with Crippen molar-refractivity contribution in [3.05, 3.63) is 0 Å². The lowest BCUT2D eigenvalue weighted by molar-refractivity contribution is 0.0678. The van der Waals surface area contributed by atoms with E-state index in [2.05, 4.69) is 58.7 Å². The Labute approximate surface area is 127 Å². The van der Waals surface area contributed by atoms with Crippen molar-refractivity contribution in [1.29, 1.82) is 0 Å². The van der Waals surface area contributed by atoms with Crippen molar-refractivity contribution in [3.8, 4) is 0 Å². The predicted molar refractivity (Wildman–Crippen MR) is 90.2 cm³/mol. The van der Waals surface area contributed by atoms with Gasteiger partial charge in [0.25, 0.3) is 0 Å². The molecule has 1 heterocycles. The van der Waals surface area contributed by atoms with Crippen LogP contribution in [0.5, 0.6) is 0 Å². The van der Waals surface area contributed by atoms with Gasteiger partial charge in [-0.1, -0.05) is 34.1 Å². The molecule has 1 N–H and O–H groups in total. The molecule has 0 aliphatic carbocycles. The van der Waals surface area contributed by atoms with Gasteiger partial charge in [0.05, 0.1) is 0 Å². The zero-order chi connectivity index (χ0) is 15.4. The second-order valence-corrected chi connectivity index (χ2v) is 9.14. The highest BCUT2D eigenvalue weighted by molar-refractivity contribution is 4.87. The van der Waals surface area contributed by atoms with Gasteiger partial charge in [-0.15, -0.1) is 0 Å². The summed E-state index contributed by atoms with van der Waals surface area (Å²) in [7, 11) is 0. The van der Waals surface area contributed by atoms with E-state index in [4.69, 9.17) is 0 Å². The van der Waals surface area contributed by atoms with E-state index in [1.165, 1.54) is 45.3 Å². The Morgan fingerprint density at radius 2 is 1.80 bits per heavy atom. The Kier molecular flexibility index (Phi) is 6.10. The van der Waals surface area contributed by atoms with Crippen molar-refractivity contribution < 1.29 is 0 Å². The molecule has 1 rings (SSSR count). The first-order valence-corrected chi connectivity index (χ1v) is 8.53. The fraction of sp³-hybridized carbons (Fsp3) is 1.00. The van der Waals surface area contributed by atoms with Crippen LogP contribution in [0.4, 0.5) is 0 Å². The van der Waals surface area contributed by atoms with Gasteiger partial charge in [0.2, 0.25) is 0 Å². The van der Waals surface area contributed by atoms with Crippen molar-refractivity contribution in [2.45, 2.75) is 79.7 Å². The molecule has 0 spiro atoms. The first-order chi connectivity index (χ1) is 9.05. The summed E-state index contributed by atoms with van der Waals surface area (Å²) in [5.74, 6) is 0. The molecule has 0 saturated carbocycles. The van der Waals surface area contributed by atoms with Crippen LogP contribution in [0.25, 0.3) is 0 Å². The Hall–Kier alpha value is -0.0800. The van der Waals surface area contributed by atoms with Crippen LogP contribution in [-0.4, -0.2) is 36.6 Å². The fourth-order valence-corrected chi connectivity index (χ4v) is 3.52. The minimum absolute atomic E-state index is 0.218. The van der Waals surface area contributed by atoms with Crippen LogP contribution in [0.15, 0.2) is 0 Å². The molecule has 120 valence electrons. The van der Waals surface area contributed by atoms with Crippen LogP contribution in [0, 0.1) is 10.8 Å². The minimum atomic E-state index is 0.218. The smallest absolute Gasteiger partial charge is 0.00967 e. The van der Waals surface area contributed by atoms with Gasteiger partial charge < -0.3 is 10.2 Å². The zero-order valence-electron chi connectivity index (χ0n) is 15.1. The summed E-state index contributed by atoms with van der Waals surface area (Å²) in [6.07, 6.45) is 5.34. The molecule has 0 amide bonds. The van der Waals surface area contributed by atoms with E-state index in [9.17, 15) is 0 Å². The first kappa shape index (κ1) is 18.0. The van der Waals surface area contributed by atoms with Gasteiger partial charge >= 0.3 is 0 Å². The topological polar surface area (TPSA) is 15.3 Å². The number of nitrogens with one attached hydrogen (secondary N) is 1. The number of hydrogen-bond donors (Lipinski definition) is 1. The third-order valence-corrected chi connectivity index (χ3v) is 4.48. The quantitative estimate of drug-likeness (QED) is 0.781. The van der Waals surface area contributed by atoms with Gasteiger partial charge in [0, 0.05) is 25.2 Å². The van der Waals surface area contributed by atoms with E-state index < -0.39 is 0 Å². The highest BCUT2D eigenvalue weighted by Crippen LogP contribution is 2.32. The number of likely N-dealkylation sites (tertiary alicyclic amines) is 1. The lowest BCUT2D eigenvalue weighted by atomic mass is 9.80. The van der Waals surface area contributed by atoms with Gasteiger partial charge in [-0.25, -0.2) is 0 Å². The molecule has 0 aromatic rings. The normalized spacial score (nSPS) is 23.6. The van der Waals surface area contributed by atoms with Gasteiger partial charge in [-0.3, -0.25) is 0 Å². The molecule has 1 atom stereocenters. The third kappa shape index (κ3) is 6.58. The van der Waals surface area contributed by atoms with Crippen LogP contribution >= 0.6 is 0 Å². The molecular weight excluding hydrogens is 244 g/mol. The lowest BCUT2D eigenvalue weighted by Crippen LogP contribution is -2.50. The van der Waals surface area contributed by atoms with Gasteiger partial charge in [0.15, 0.2) is 0 Å². The Bertz CT molecular complexity index is 290. The summed E-state index contributed by atoms with van der Waals surface area (Å²) >= 11 is 0. The molecule has 2 heteroatoms. The van der Waals surface area contributed by atoms with Crippen molar-refractivity contribution in [3.63, 3.8) is 0 Å². The molecule has 1 aliphatic heterocycles. The molecule has 1 unspecified atom stereocenters. The van der Waals surface area contributed by atoms with Crippen molar-refractivity contribution in [2.75, 3.05) is 26.2 Å².